The number of nitrogens with one attached hydrogen (secondary N) is 1. The van der Waals surface area contributed by atoms with Crippen LogP contribution < -0.4 is 10.1 Å². The molecule has 2 aromatic rings. The van der Waals surface area contributed by atoms with Crippen LogP contribution in [0.5, 0.6) is 5.88 Å². The Labute approximate surface area is 166 Å². The zero-order chi connectivity index (χ0) is 19.7. The number of benzene rings is 1. The van der Waals surface area contributed by atoms with E-state index in [1.807, 2.05) is 30.3 Å². The molecule has 2 heterocycles. The maximum absolute atomic E-state index is 13.4. The lowest BCUT2D eigenvalue weighted by Crippen LogP contribution is -2.36. The van der Waals surface area contributed by atoms with Gasteiger partial charge in [-0.15, -0.1) is 0 Å². The van der Waals surface area contributed by atoms with Crippen molar-refractivity contribution in [2.75, 3.05) is 19.0 Å². The number of methoxy groups -OCH3 is 1. The van der Waals surface area contributed by atoms with Gasteiger partial charge in [-0.2, -0.15) is 4.98 Å². The van der Waals surface area contributed by atoms with Gasteiger partial charge in [-0.25, -0.2) is 4.98 Å². The van der Waals surface area contributed by atoms with E-state index in [9.17, 15) is 9.59 Å². The second kappa shape index (κ2) is 7.63. The lowest BCUT2D eigenvalue weighted by atomic mass is 9.76. The summed E-state index contributed by atoms with van der Waals surface area (Å²) >= 11 is 1.29. The predicted octanol–water partition coefficient (Wildman–Crippen LogP) is 3.15. The number of carbonyl (C=O) groups excluding carboxylic acids is 2. The van der Waals surface area contributed by atoms with Gasteiger partial charge in [0.2, 0.25) is 5.88 Å². The van der Waals surface area contributed by atoms with Crippen molar-refractivity contribution in [1.29, 1.82) is 0 Å². The van der Waals surface area contributed by atoms with Gasteiger partial charge in [-0.3, -0.25) is 9.59 Å². The Kier molecular flexibility index (Phi) is 5.04. The van der Waals surface area contributed by atoms with Crippen molar-refractivity contribution in [3.63, 3.8) is 0 Å². The molecule has 0 spiro atoms. The summed E-state index contributed by atoms with van der Waals surface area (Å²) in [6, 6.07) is 9.38. The molecular weight excluding hydrogens is 378 g/mol. The Morgan fingerprint density at radius 3 is 2.79 bits per heavy atom. The fourth-order valence-corrected chi connectivity index (χ4v) is 4.60. The van der Waals surface area contributed by atoms with Crippen molar-refractivity contribution < 1.29 is 19.1 Å². The van der Waals surface area contributed by atoms with Gasteiger partial charge in [0, 0.05) is 12.1 Å². The van der Waals surface area contributed by atoms with Gasteiger partial charge < -0.3 is 14.8 Å². The Hall–Kier alpha value is -2.87. The minimum Gasteiger partial charge on any atom is -0.479 e. The minimum atomic E-state index is -0.598. The number of ether oxygens (including phenoxy) is 2. The maximum Gasteiger partial charge on any atom is 0.310 e. The second-order valence-corrected chi connectivity index (χ2v) is 7.41. The summed E-state index contributed by atoms with van der Waals surface area (Å²) in [5.74, 6) is -1.26. The molecule has 2 aliphatic rings. The fourth-order valence-electron chi connectivity index (χ4n) is 3.58. The van der Waals surface area contributed by atoms with E-state index in [-0.39, 0.29) is 18.4 Å². The molecule has 0 saturated carbocycles. The van der Waals surface area contributed by atoms with Gasteiger partial charge in [0.25, 0.3) is 0 Å². The molecule has 1 aromatic carbocycles. The quantitative estimate of drug-likeness (QED) is 0.622. The van der Waals surface area contributed by atoms with Crippen LogP contribution >= 0.6 is 11.8 Å². The van der Waals surface area contributed by atoms with Crippen LogP contribution in [-0.2, 0) is 14.3 Å². The summed E-state index contributed by atoms with van der Waals surface area (Å²) in [6.45, 7) is 2.03. The van der Waals surface area contributed by atoms with Crippen molar-refractivity contribution in [2.45, 2.75) is 24.3 Å². The van der Waals surface area contributed by atoms with Crippen LogP contribution in [0.15, 0.2) is 52.3 Å². The molecule has 144 valence electrons. The first-order valence-corrected chi connectivity index (χ1v) is 9.78. The van der Waals surface area contributed by atoms with Gasteiger partial charge in [-0.05, 0) is 12.5 Å². The lowest BCUT2D eigenvalue weighted by molar-refractivity contribution is -0.150. The van der Waals surface area contributed by atoms with Gasteiger partial charge in [0.05, 0.1) is 30.5 Å². The Morgan fingerprint density at radius 1 is 1.29 bits per heavy atom. The van der Waals surface area contributed by atoms with E-state index in [1.54, 1.807) is 6.92 Å². The summed E-state index contributed by atoms with van der Waals surface area (Å²) in [4.78, 5) is 35.1. The standard InChI is InChI=1S/C20H19N3O4S/c1-3-27-20(25)12-9-13-17(16(24)14(12)11-7-5-4-6-8-11)28-19-15(23-13)18(26-2)21-10-22-19/h4-8,10,12,14,23H,3,9H2,1-2H3/t12-,14+/m1/s1. The molecule has 1 aliphatic carbocycles. The smallest absolute Gasteiger partial charge is 0.310 e. The molecule has 0 radical (unpaired) electrons. The monoisotopic (exact) mass is 397 g/mol. The number of aromatic nitrogens is 2. The molecule has 2 atom stereocenters. The lowest BCUT2D eigenvalue weighted by Gasteiger charge is -2.34. The number of nitrogens with zero attached hydrogens (tertiary/aromatic N) is 2. The normalized spacial score (nSPS) is 20.7. The topological polar surface area (TPSA) is 90.4 Å². The van der Waals surface area contributed by atoms with Crippen molar-refractivity contribution >= 4 is 29.2 Å². The SMILES string of the molecule is CCOC(=O)[C@@H]1CC2=C(Sc3ncnc(OC)c3N2)C(=O)[C@H]1c1ccccc1. The Morgan fingerprint density at radius 2 is 2.07 bits per heavy atom. The number of hydrogen-bond donors (Lipinski definition) is 1. The number of rotatable bonds is 4. The van der Waals surface area contributed by atoms with E-state index in [0.29, 0.717) is 33.6 Å². The molecule has 28 heavy (non-hydrogen) atoms. The molecule has 0 amide bonds. The second-order valence-electron chi connectivity index (χ2n) is 6.41. The fraction of sp³-hybridized carbons (Fsp3) is 0.300. The molecule has 8 heteroatoms. The predicted molar refractivity (Wildman–Crippen MR) is 104 cm³/mol. The minimum absolute atomic E-state index is 0.105. The van der Waals surface area contributed by atoms with Crippen LogP contribution in [0.4, 0.5) is 5.69 Å². The summed E-state index contributed by atoms with van der Waals surface area (Å²) < 4.78 is 10.6. The Bertz CT molecular complexity index is 961. The van der Waals surface area contributed by atoms with Crippen LogP contribution in [0.25, 0.3) is 0 Å². The highest BCUT2D eigenvalue weighted by molar-refractivity contribution is 8.04. The van der Waals surface area contributed by atoms with Crippen molar-refractivity contribution in [1.82, 2.24) is 9.97 Å². The third-order valence-corrected chi connectivity index (χ3v) is 5.96. The van der Waals surface area contributed by atoms with E-state index in [1.165, 1.54) is 25.2 Å². The van der Waals surface area contributed by atoms with Gasteiger partial charge in [-0.1, -0.05) is 42.1 Å². The summed E-state index contributed by atoms with van der Waals surface area (Å²) in [7, 11) is 1.53. The molecule has 1 N–H and O–H groups in total. The molecule has 4 rings (SSSR count). The summed E-state index contributed by atoms with van der Waals surface area (Å²) in [6.07, 6.45) is 1.77. The number of fused-ring (bicyclic) bond motifs is 1. The molecule has 1 aromatic heterocycles. The molecule has 0 bridgehead atoms. The zero-order valence-corrected chi connectivity index (χ0v) is 16.3. The van der Waals surface area contributed by atoms with Crippen LogP contribution in [0.3, 0.4) is 0 Å². The molecule has 1 aliphatic heterocycles. The third-order valence-electron chi connectivity index (χ3n) is 4.80. The number of thioether (sulfide) groups is 1. The van der Waals surface area contributed by atoms with Crippen molar-refractivity contribution in [3.05, 3.63) is 52.8 Å². The number of ketones is 1. The average Bonchev–Trinajstić information content (AvgIpc) is 2.73. The van der Waals surface area contributed by atoms with Crippen LogP contribution in [-0.4, -0.2) is 35.4 Å². The summed E-state index contributed by atoms with van der Waals surface area (Å²) in [5, 5.41) is 3.85. The number of hydrogen-bond acceptors (Lipinski definition) is 8. The first-order valence-electron chi connectivity index (χ1n) is 8.96. The highest BCUT2D eigenvalue weighted by Gasteiger charge is 2.45. The van der Waals surface area contributed by atoms with E-state index >= 15 is 0 Å². The first kappa shape index (κ1) is 18.5. The highest BCUT2D eigenvalue weighted by Crippen LogP contribution is 2.50. The van der Waals surface area contributed by atoms with Crippen molar-refractivity contribution in [3.8, 4) is 5.88 Å². The van der Waals surface area contributed by atoms with Crippen molar-refractivity contribution in [2.24, 2.45) is 5.92 Å². The van der Waals surface area contributed by atoms with E-state index < -0.39 is 11.8 Å². The van der Waals surface area contributed by atoms with Crippen LogP contribution in [0.2, 0.25) is 0 Å². The molecule has 7 nitrogen and oxygen atoms in total. The highest BCUT2D eigenvalue weighted by atomic mass is 32.2. The number of anilines is 1. The number of Topliss-reactive ketones (excluding diaryl/α,β-unsaturated/α-hetero) is 1. The van der Waals surface area contributed by atoms with Gasteiger partial charge >= 0.3 is 5.97 Å². The van der Waals surface area contributed by atoms with E-state index in [0.717, 1.165) is 5.56 Å². The van der Waals surface area contributed by atoms with E-state index in [2.05, 4.69) is 15.3 Å². The van der Waals surface area contributed by atoms with E-state index in [4.69, 9.17) is 9.47 Å². The van der Waals surface area contributed by atoms with Gasteiger partial charge in [0.1, 0.15) is 17.0 Å². The Balaban J connectivity index is 1.76. The molecule has 0 unspecified atom stereocenters. The number of allylic oxidation sites excluding steroid dienone is 2. The largest absolute Gasteiger partial charge is 0.479 e. The third kappa shape index (κ3) is 3.13. The number of carbonyl (C=O) groups is 2. The zero-order valence-electron chi connectivity index (χ0n) is 15.5. The average molecular weight is 397 g/mol. The molecular formula is C20H19N3O4S. The molecule has 0 saturated heterocycles. The van der Waals surface area contributed by atoms with Crippen LogP contribution in [0.1, 0.15) is 24.8 Å². The molecule has 0 fully saturated rings. The first-order chi connectivity index (χ1) is 13.6. The number of esters is 1. The summed E-state index contributed by atoms with van der Waals surface area (Å²) in [5.41, 5.74) is 2.10. The van der Waals surface area contributed by atoms with Gasteiger partial charge in [0.15, 0.2) is 5.78 Å². The maximum atomic E-state index is 13.4. The van der Waals surface area contributed by atoms with Crippen LogP contribution in [0, 0.1) is 5.92 Å².